The Morgan fingerprint density at radius 2 is 1.93 bits per heavy atom. The first kappa shape index (κ1) is 18.1. The topological polar surface area (TPSA) is 73.0 Å². The fourth-order valence-electron chi connectivity index (χ4n) is 5.10. The van der Waals surface area contributed by atoms with Crippen LogP contribution in [0.25, 0.3) is 10.9 Å². The zero-order valence-electron chi connectivity index (χ0n) is 17.1. The summed E-state index contributed by atoms with van der Waals surface area (Å²) < 4.78 is 3.68. The monoisotopic (exact) mass is 391 g/mol. The molecular weight excluding hydrogens is 366 g/mol. The van der Waals surface area contributed by atoms with Crippen molar-refractivity contribution >= 4 is 16.8 Å². The predicted molar refractivity (Wildman–Crippen MR) is 110 cm³/mol. The number of nitrogens with zero attached hydrogens (tertiary/aromatic N) is 5. The SMILES string of the molecule is CCn1nc(C)c(C(=O)N2C3CCC2Cn2c(nc4ccccc4c2=O)C3)c1C. The van der Waals surface area contributed by atoms with Crippen LogP contribution in [0.4, 0.5) is 0 Å². The summed E-state index contributed by atoms with van der Waals surface area (Å²) in [5, 5.41) is 5.17. The number of carbonyl (C=O) groups excluding carboxylic acids is 1. The molecule has 2 unspecified atom stereocenters. The normalized spacial score (nSPS) is 20.7. The summed E-state index contributed by atoms with van der Waals surface area (Å²) >= 11 is 0. The third kappa shape index (κ3) is 2.63. The van der Waals surface area contributed by atoms with Gasteiger partial charge < -0.3 is 4.90 Å². The predicted octanol–water partition coefficient (Wildman–Crippen LogP) is 2.46. The number of benzene rings is 1. The Hall–Kier alpha value is -2.96. The van der Waals surface area contributed by atoms with Crippen LogP contribution in [0, 0.1) is 13.8 Å². The molecule has 0 aliphatic carbocycles. The lowest BCUT2D eigenvalue weighted by Gasteiger charge is -2.28. The Morgan fingerprint density at radius 1 is 1.17 bits per heavy atom. The molecule has 0 N–H and O–H groups in total. The third-order valence-electron chi connectivity index (χ3n) is 6.50. The average Bonchev–Trinajstić information content (AvgIpc) is 3.17. The van der Waals surface area contributed by atoms with E-state index in [1.54, 1.807) is 4.57 Å². The van der Waals surface area contributed by atoms with Gasteiger partial charge in [-0.2, -0.15) is 5.10 Å². The second-order valence-corrected chi connectivity index (χ2v) is 8.12. The minimum atomic E-state index is -0.00304. The molecule has 29 heavy (non-hydrogen) atoms. The molecule has 2 bridgehead atoms. The molecule has 1 fully saturated rings. The molecule has 1 amide bonds. The van der Waals surface area contributed by atoms with Gasteiger partial charge in [-0.15, -0.1) is 0 Å². The molecule has 7 nitrogen and oxygen atoms in total. The number of aromatic nitrogens is 4. The van der Waals surface area contributed by atoms with E-state index in [9.17, 15) is 9.59 Å². The van der Waals surface area contributed by atoms with Crippen LogP contribution in [0.1, 0.15) is 47.3 Å². The summed E-state index contributed by atoms with van der Waals surface area (Å²) in [6.07, 6.45) is 2.47. The number of aryl methyl sites for hydroxylation is 2. The van der Waals surface area contributed by atoms with Crippen LogP contribution in [0.5, 0.6) is 0 Å². The van der Waals surface area contributed by atoms with E-state index in [2.05, 4.69) is 5.10 Å². The minimum absolute atomic E-state index is 0.00304. The van der Waals surface area contributed by atoms with E-state index in [1.807, 2.05) is 54.6 Å². The van der Waals surface area contributed by atoms with Gasteiger partial charge in [0.25, 0.3) is 11.5 Å². The average molecular weight is 391 g/mol. The van der Waals surface area contributed by atoms with Crippen LogP contribution in [0.3, 0.4) is 0 Å². The summed E-state index contributed by atoms with van der Waals surface area (Å²) in [6.45, 7) is 7.14. The minimum Gasteiger partial charge on any atom is -0.330 e. The van der Waals surface area contributed by atoms with E-state index in [0.717, 1.165) is 42.1 Å². The molecule has 2 atom stereocenters. The highest BCUT2D eigenvalue weighted by Gasteiger charge is 2.42. The molecule has 1 saturated heterocycles. The summed E-state index contributed by atoms with van der Waals surface area (Å²) in [6, 6.07) is 7.57. The quantitative estimate of drug-likeness (QED) is 0.673. The Kier molecular flexibility index (Phi) is 4.08. The number of rotatable bonds is 2. The summed E-state index contributed by atoms with van der Waals surface area (Å²) in [4.78, 5) is 33.5. The summed E-state index contributed by atoms with van der Waals surface area (Å²) in [5.41, 5.74) is 3.13. The van der Waals surface area contributed by atoms with Gasteiger partial charge in [-0.05, 0) is 45.7 Å². The van der Waals surface area contributed by atoms with Gasteiger partial charge in [-0.1, -0.05) is 12.1 Å². The van der Waals surface area contributed by atoms with Gasteiger partial charge in [-0.25, -0.2) is 4.98 Å². The lowest BCUT2D eigenvalue weighted by atomic mass is 10.1. The van der Waals surface area contributed by atoms with Gasteiger partial charge in [-0.3, -0.25) is 18.8 Å². The Balaban J connectivity index is 1.58. The van der Waals surface area contributed by atoms with Crippen molar-refractivity contribution < 1.29 is 4.79 Å². The lowest BCUT2D eigenvalue weighted by molar-refractivity contribution is 0.0664. The lowest BCUT2D eigenvalue weighted by Crippen LogP contribution is -2.42. The molecule has 3 aromatic rings. The summed E-state index contributed by atoms with van der Waals surface area (Å²) in [7, 11) is 0. The molecule has 4 heterocycles. The Bertz CT molecular complexity index is 1190. The second-order valence-electron chi connectivity index (χ2n) is 8.12. The molecule has 0 radical (unpaired) electrons. The maximum atomic E-state index is 13.6. The van der Waals surface area contributed by atoms with E-state index in [1.165, 1.54) is 0 Å². The summed E-state index contributed by atoms with van der Waals surface area (Å²) in [5.74, 6) is 0.828. The second kappa shape index (κ2) is 6.54. The molecule has 2 aliphatic rings. The van der Waals surface area contributed by atoms with Gasteiger partial charge in [0.05, 0.1) is 28.2 Å². The number of amides is 1. The first-order chi connectivity index (χ1) is 14.0. The van der Waals surface area contributed by atoms with Crippen molar-refractivity contribution in [2.24, 2.45) is 0 Å². The maximum Gasteiger partial charge on any atom is 0.261 e. The molecule has 5 rings (SSSR count). The van der Waals surface area contributed by atoms with Crippen LogP contribution >= 0.6 is 0 Å². The van der Waals surface area contributed by atoms with Crippen molar-refractivity contribution in [3.63, 3.8) is 0 Å². The van der Waals surface area contributed by atoms with E-state index in [0.29, 0.717) is 23.9 Å². The number of fused-ring (bicyclic) bond motifs is 4. The molecule has 2 aliphatic heterocycles. The highest BCUT2D eigenvalue weighted by molar-refractivity contribution is 5.97. The molecule has 150 valence electrons. The fraction of sp³-hybridized carbons (Fsp3) is 0.455. The largest absolute Gasteiger partial charge is 0.330 e. The first-order valence-corrected chi connectivity index (χ1v) is 10.3. The standard InChI is InChI=1S/C22H25N5O2/c1-4-26-14(3)20(13(2)24-26)22(29)27-15-9-10-16(27)12-25-19(11-15)23-18-8-6-5-7-17(18)21(25)28/h5-8,15-16H,4,9-12H2,1-3H3. The van der Waals surface area contributed by atoms with E-state index >= 15 is 0 Å². The zero-order chi connectivity index (χ0) is 20.3. The van der Waals surface area contributed by atoms with Crippen molar-refractivity contribution in [2.45, 2.75) is 65.2 Å². The third-order valence-corrected chi connectivity index (χ3v) is 6.50. The van der Waals surface area contributed by atoms with Gasteiger partial charge in [0.2, 0.25) is 0 Å². The molecule has 2 aromatic heterocycles. The smallest absolute Gasteiger partial charge is 0.261 e. The molecule has 0 saturated carbocycles. The molecular formula is C22H25N5O2. The zero-order valence-corrected chi connectivity index (χ0v) is 17.1. The molecule has 1 aromatic carbocycles. The van der Waals surface area contributed by atoms with Gasteiger partial charge in [0.15, 0.2) is 0 Å². The highest BCUT2D eigenvalue weighted by Crippen LogP contribution is 2.33. The number of hydrogen-bond acceptors (Lipinski definition) is 4. The van der Waals surface area contributed by atoms with Crippen molar-refractivity contribution in [3.8, 4) is 0 Å². The number of para-hydroxylation sites is 1. The van der Waals surface area contributed by atoms with E-state index < -0.39 is 0 Å². The van der Waals surface area contributed by atoms with Crippen LogP contribution in [0.2, 0.25) is 0 Å². The Labute approximate surface area is 169 Å². The highest BCUT2D eigenvalue weighted by atomic mass is 16.2. The van der Waals surface area contributed by atoms with Gasteiger partial charge in [0.1, 0.15) is 5.82 Å². The fourth-order valence-corrected chi connectivity index (χ4v) is 5.10. The van der Waals surface area contributed by atoms with Gasteiger partial charge >= 0.3 is 0 Å². The first-order valence-electron chi connectivity index (χ1n) is 10.3. The number of carbonyl (C=O) groups is 1. The maximum absolute atomic E-state index is 13.6. The van der Waals surface area contributed by atoms with Crippen LogP contribution in [-0.4, -0.2) is 42.2 Å². The number of hydrogen-bond donors (Lipinski definition) is 0. The molecule has 7 heteroatoms. The van der Waals surface area contributed by atoms with Crippen molar-refractivity contribution in [1.82, 2.24) is 24.2 Å². The van der Waals surface area contributed by atoms with Crippen LogP contribution in [0.15, 0.2) is 29.1 Å². The van der Waals surface area contributed by atoms with E-state index in [4.69, 9.17) is 4.98 Å². The Morgan fingerprint density at radius 3 is 2.69 bits per heavy atom. The van der Waals surface area contributed by atoms with Crippen molar-refractivity contribution in [2.75, 3.05) is 0 Å². The van der Waals surface area contributed by atoms with Crippen molar-refractivity contribution in [3.05, 3.63) is 57.4 Å². The van der Waals surface area contributed by atoms with Crippen molar-refractivity contribution in [1.29, 1.82) is 0 Å². The molecule has 0 spiro atoms. The van der Waals surface area contributed by atoms with E-state index in [-0.39, 0.29) is 23.6 Å². The van der Waals surface area contributed by atoms with Crippen LogP contribution in [-0.2, 0) is 19.5 Å². The van der Waals surface area contributed by atoms with Crippen LogP contribution < -0.4 is 5.56 Å². The van der Waals surface area contributed by atoms with Gasteiger partial charge in [0, 0.05) is 31.2 Å².